The van der Waals surface area contributed by atoms with Gasteiger partial charge in [0.05, 0.1) is 6.61 Å². The smallest absolute Gasteiger partial charge is 0.367 e. The Morgan fingerprint density at radius 1 is 1.20 bits per heavy atom. The largest absolute Gasteiger partial charge is 0.462 e. The number of amides is 1. The molecule has 0 aliphatic heterocycles. The first-order valence-electron chi connectivity index (χ1n) is 6.24. The average molecular weight is 279 g/mol. The molecule has 0 aliphatic carbocycles. The summed E-state index contributed by atoms with van der Waals surface area (Å²) in [6.07, 6.45) is 0.231. The summed E-state index contributed by atoms with van der Waals surface area (Å²) in [5.41, 5.74) is -1.81. The van der Waals surface area contributed by atoms with Crippen LogP contribution in [0.25, 0.3) is 0 Å². The quantitative estimate of drug-likeness (QED) is 0.347. The molecule has 108 valence electrons. The molecule has 1 aromatic carbocycles. The molecule has 1 N–H and O–H groups in total. The minimum absolute atomic E-state index is 0.0621. The normalized spacial score (nSPS) is 13.1. The number of nitrogens with one attached hydrogen (secondary N) is 1. The first-order valence-corrected chi connectivity index (χ1v) is 6.24. The molecule has 20 heavy (non-hydrogen) atoms. The molecule has 1 amide bonds. The first kappa shape index (κ1) is 15.8. The number of carbonyl (C=O) groups excluding carboxylic acids is 3. The van der Waals surface area contributed by atoms with E-state index < -0.39 is 17.6 Å². The van der Waals surface area contributed by atoms with E-state index in [1.54, 1.807) is 44.2 Å². The average Bonchev–Trinajstić information content (AvgIpc) is 2.47. The van der Waals surface area contributed by atoms with Gasteiger partial charge in [-0.3, -0.25) is 9.59 Å². The number of esters is 1. The Kier molecular flexibility index (Phi) is 5.86. The fourth-order valence-corrected chi connectivity index (χ4v) is 1.55. The summed E-state index contributed by atoms with van der Waals surface area (Å²) >= 11 is 0. The Hall–Kier alpha value is -2.21. The Bertz CT molecular complexity index is 474. The van der Waals surface area contributed by atoms with Crippen LogP contribution in [-0.2, 0) is 19.1 Å². The van der Waals surface area contributed by atoms with Crippen molar-refractivity contribution in [1.82, 2.24) is 5.32 Å². The molecule has 1 aromatic rings. The third-order valence-electron chi connectivity index (χ3n) is 2.45. The number of carbonyl (C=O) groups is 3. The second kappa shape index (κ2) is 7.40. The molecule has 0 spiro atoms. The minimum Gasteiger partial charge on any atom is -0.462 e. The Morgan fingerprint density at radius 2 is 1.85 bits per heavy atom. The van der Waals surface area contributed by atoms with E-state index >= 15 is 0 Å². The number of hydrogen-bond acceptors (Lipinski definition) is 5. The summed E-state index contributed by atoms with van der Waals surface area (Å²) in [5, 5.41) is 2.28. The van der Waals surface area contributed by atoms with Crippen LogP contribution >= 0.6 is 0 Å². The molecule has 0 radical (unpaired) electrons. The van der Waals surface area contributed by atoms with E-state index in [4.69, 9.17) is 9.47 Å². The summed E-state index contributed by atoms with van der Waals surface area (Å²) < 4.78 is 9.89. The molecule has 1 rings (SSSR count). The zero-order valence-corrected chi connectivity index (χ0v) is 11.4. The summed E-state index contributed by atoms with van der Waals surface area (Å²) in [6, 6.07) is 8.20. The molecule has 0 heterocycles. The summed E-state index contributed by atoms with van der Waals surface area (Å²) in [6.45, 7) is 3.33. The van der Waals surface area contributed by atoms with Crippen molar-refractivity contribution in [3.05, 3.63) is 35.9 Å². The van der Waals surface area contributed by atoms with Gasteiger partial charge in [0, 0.05) is 12.2 Å². The van der Waals surface area contributed by atoms with E-state index in [2.05, 4.69) is 5.32 Å². The van der Waals surface area contributed by atoms with E-state index in [0.29, 0.717) is 5.56 Å². The van der Waals surface area contributed by atoms with Crippen molar-refractivity contribution in [1.29, 1.82) is 0 Å². The van der Waals surface area contributed by atoms with Gasteiger partial charge in [0.2, 0.25) is 0 Å². The lowest BCUT2D eigenvalue weighted by molar-refractivity contribution is -0.175. The predicted octanol–water partition coefficient (Wildman–Crippen LogP) is 0.911. The SMILES string of the molecule is CCOC(=O)[C@](C=O)(NC(=O)c1ccccc1)OCC. The van der Waals surface area contributed by atoms with E-state index in [9.17, 15) is 14.4 Å². The maximum atomic E-state index is 12.0. The van der Waals surface area contributed by atoms with Crippen molar-refractivity contribution in [3.63, 3.8) is 0 Å². The minimum atomic E-state index is -2.11. The first-order chi connectivity index (χ1) is 9.59. The molecule has 0 aliphatic rings. The van der Waals surface area contributed by atoms with Gasteiger partial charge < -0.3 is 14.8 Å². The lowest BCUT2D eigenvalue weighted by Crippen LogP contribution is -2.58. The molecule has 0 unspecified atom stereocenters. The molecular weight excluding hydrogens is 262 g/mol. The molecule has 1 atom stereocenters. The van der Waals surface area contributed by atoms with Gasteiger partial charge in [-0.1, -0.05) is 18.2 Å². The highest BCUT2D eigenvalue weighted by Crippen LogP contribution is 2.10. The van der Waals surface area contributed by atoms with Gasteiger partial charge in [0.15, 0.2) is 6.29 Å². The third kappa shape index (κ3) is 3.64. The predicted molar refractivity (Wildman–Crippen MR) is 71.0 cm³/mol. The van der Waals surface area contributed by atoms with Gasteiger partial charge in [0.25, 0.3) is 11.6 Å². The van der Waals surface area contributed by atoms with Gasteiger partial charge in [-0.15, -0.1) is 0 Å². The van der Waals surface area contributed by atoms with Crippen LogP contribution in [0.3, 0.4) is 0 Å². The van der Waals surface area contributed by atoms with Crippen molar-refractivity contribution in [2.75, 3.05) is 13.2 Å². The Balaban J connectivity index is 2.97. The molecular formula is C14H17NO5. The number of hydrogen-bond donors (Lipinski definition) is 1. The lowest BCUT2D eigenvalue weighted by atomic mass is 10.1. The zero-order valence-electron chi connectivity index (χ0n) is 11.4. The van der Waals surface area contributed by atoms with Crippen molar-refractivity contribution in [2.24, 2.45) is 0 Å². The van der Waals surface area contributed by atoms with Crippen molar-refractivity contribution >= 4 is 18.2 Å². The highest BCUT2D eigenvalue weighted by Gasteiger charge is 2.43. The van der Waals surface area contributed by atoms with Gasteiger partial charge >= 0.3 is 5.97 Å². The number of rotatable bonds is 7. The van der Waals surface area contributed by atoms with Crippen molar-refractivity contribution in [2.45, 2.75) is 19.6 Å². The van der Waals surface area contributed by atoms with Gasteiger partial charge in [-0.2, -0.15) is 0 Å². The van der Waals surface area contributed by atoms with Crippen LogP contribution < -0.4 is 5.32 Å². The molecule has 0 bridgehead atoms. The van der Waals surface area contributed by atoms with Crippen molar-refractivity contribution < 1.29 is 23.9 Å². The summed E-state index contributed by atoms with van der Waals surface area (Å²) in [5.74, 6) is -1.54. The lowest BCUT2D eigenvalue weighted by Gasteiger charge is -2.26. The summed E-state index contributed by atoms with van der Waals surface area (Å²) in [7, 11) is 0. The topological polar surface area (TPSA) is 81.7 Å². The second-order valence-corrected chi connectivity index (χ2v) is 3.83. The molecule has 6 nitrogen and oxygen atoms in total. The van der Waals surface area contributed by atoms with Gasteiger partial charge in [-0.25, -0.2) is 4.79 Å². The Morgan fingerprint density at radius 3 is 2.35 bits per heavy atom. The van der Waals surface area contributed by atoms with E-state index in [1.165, 1.54) is 0 Å². The fourth-order valence-electron chi connectivity index (χ4n) is 1.55. The number of benzene rings is 1. The van der Waals surface area contributed by atoms with Crippen molar-refractivity contribution in [3.8, 4) is 0 Å². The molecule has 0 saturated heterocycles. The van der Waals surface area contributed by atoms with Crippen LogP contribution in [0.5, 0.6) is 0 Å². The monoisotopic (exact) mass is 279 g/mol. The maximum Gasteiger partial charge on any atom is 0.367 e. The van der Waals surface area contributed by atoms with Crippen LogP contribution in [-0.4, -0.2) is 37.1 Å². The maximum absolute atomic E-state index is 12.0. The van der Waals surface area contributed by atoms with Crippen LogP contribution in [0.4, 0.5) is 0 Å². The standard InChI is InChI=1S/C14H17NO5/c1-3-19-13(18)14(10-16,20-4-2)15-12(17)11-8-6-5-7-9-11/h5-10H,3-4H2,1-2H3,(H,15,17)/t14-/m1/s1. The van der Waals surface area contributed by atoms with Crippen LogP contribution in [0.15, 0.2) is 30.3 Å². The Labute approximate surface area is 117 Å². The van der Waals surface area contributed by atoms with E-state index in [-0.39, 0.29) is 19.5 Å². The third-order valence-corrected chi connectivity index (χ3v) is 2.45. The fraction of sp³-hybridized carbons (Fsp3) is 0.357. The van der Waals surface area contributed by atoms with Gasteiger partial charge in [-0.05, 0) is 26.0 Å². The van der Waals surface area contributed by atoms with E-state index in [0.717, 1.165) is 0 Å². The number of aldehydes is 1. The molecule has 0 saturated carbocycles. The molecule has 0 aromatic heterocycles. The van der Waals surface area contributed by atoms with Crippen LogP contribution in [0.2, 0.25) is 0 Å². The molecule has 0 fully saturated rings. The second-order valence-electron chi connectivity index (χ2n) is 3.83. The van der Waals surface area contributed by atoms with E-state index in [1.807, 2.05) is 0 Å². The zero-order chi connectivity index (χ0) is 15.0. The van der Waals surface area contributed by atoms with Crippen LogP contribution in [0, 0.1) is 0 Å². The summed E-state index contributed by atoms with van der Waals surface area (Å²) in [4.78, 5) is 35.2. The van der Waals surface area contributed by atoms with Crippen LogP contribution in [0.1, 0.15) is 24.2 Å². The number of ether oxygens (including phenoxy) is 2. The van der Waals surface area contributed by atoms with Gasteiger partial charge in [0.1, 0.15) is 0 Å². The molecule has 6 heteroatoms. The highest BCUT2D eigenvalue weighted by molar-refractivity contribution is 6.04. The highest BCUT2D eigenvalue weighted by atomic mass is 16.6.